The second kappa shape index (κ2) is 9.41. The van der Waals surface area contributed by atoms with Crippen LogP contribution in [0.4, 0.5) is 0 Å². The Hall–Kier alpha value is -2.53. The zero-order valence-corrected chi connectivity index (χ0v) is 12.7. The van der Waals surface area contributed by atoms with Crippen LogP contribution in [0.1, 0.15) is 36.8 Å². The van der Waals surface area contributed by atoms with Gasteiger partial charge < -0.3 is 5.32 Å². The van der Waals surface area contributed by atoms with Gasteiger partial charge in [0.1, 0.15) is 0 Å². The van der Waals surface area contributed by atoms with E-state index in [1.165, 1.54) is 0 Å². The van der Waals surface area contributed by atoms with Crippen LogP contribution in [0.5, 0.6) is 0 Å². The molecule has 2 aromatic rings. The van der Waals surface area contributed by atoms with Gasteiger partial charge in [0.2, 0.25) is 5.91 Å². The molecular weight excluding hydrogens is 270 g/mol. The minimum atomic E-state index is 0.111. The van der Waals surface area contributed by atoms with Gasteiger partial charge in [0.05, 0.1) is 0 Å². The number of hydrogen-bond donors (Lipinski definition) is 1. The lowest BCUT2D eigenvalue weighted by molar-refractivity contribution is -0.121. The largest absolute Gasteiger partial charge is 0.352 e. The molecule has 2 rings (SSSR count). The molecule has 0 saturated carbocycles. The van der Waals surface area contributed by atoms with Crippen molar-refractivity contribution < 1.29 is 4.79 Å². The van der Waals surface area contributed by atoms with Gasteiger partial charge in [-0.05, 0) is 30.5 Å². The van der Waals surface area contributed by atoms with Gasteiger partial charge in [-0.3, -0.25) is 4.79 Å². The average Bonchev–Trinajstić information content (AvgIpc) is 2.58. The summed E-state index contributed by atoms with van der Waals surface area (Å²) in [5.74, 6) is 6.39. The lowest BCUT2D eigenvalue weighted by Crippen LogP contribution is -2.22. The maximum atomic E-state index is 11.7. The molecule has 112 valence electrons. The van der Waals surface area contributed by atoms with Crippen molar-refractivity contribution in [3.63, 3.8) is 0 Å². The molecule has 0 saturated heterocycles. The molecule has 0 fully saturated rings. The Balaban J connectivity index is 1.57. The van der Waals surface area contributed by atoms with Crippen molar-refractivity contribution in [1.82, 2.24) is 5.32 Å². The topological polar surface area (TPSA) is 29.1 Å². The predicted molar refractivity (Wildman–Crippen MR) is 90.1 cm³/mol. The van der Waals surface area contributed by atoms with Crippen molar-refractivity contribution >= 4 is 5.91 Å². The average molecular weight is 291 g/mol. The molecule has 0 bridgehead atoms. The Bertz CT molecular complexity index is 623. The van der Waals surface area contributed by atoms with Gasteiger partial charge in [0.25, 0.3) is 0 Å². The van der Waals surface area contributed by atoms with Crippen molar-refractivity contribution in [3.05, 3.63) is 71.8 Å². The zero-order chi connectivity index (χ0) is 15.5. The molecule has 22 heavy (non-hydrogen) atoms. The Morgan fingerprint density at radius 2 is 1.59 bits per heavy atom. The number of benzene rings is 2. The minimum absolute atomic E-state index is 0.111. The van der Waals surface area contributed by atoms with Crippen LogP contribution < -0.4 is 5.32 Å². The minimum Gasteiger partial charge on any atom is -0.352 e. The molecule has 0 aliphatic rings. The van der Waals surface area contributed by atoms with Gasteiger partial charge in [0, 0.05) is 24.9 Å². The van der Waals surface area contributed by atoms with E-state index in [2.05, 4.69) is 17.2 Å². The van der Waals surface area contributed by atoms with E-state index in [1.54, 1.807) is 0 Å². The van der Waals surface area contributed by atoms with Crippen LogP contribution >= 0.6 is 0 Å². The van der Waals surface area contributed by atoms with E-state index in [1.807, 2.05) is 60.7 Å². The summed E-state index contributed by atoms with van der Waals surface area (Å²) in [6.45, 7) is 0.605. The molecule has 1 N–H and O–H groups in total. The van der Waals surface area contributed by atoms with Gasteiger partial charge in [-0.1, -0.05) is 60.4 Å². The van der Waals surface area contributed by atoms with Gasteiger partial charge in [-0.15, -0.1) is 0 Å². The second-order valence-corrected chi connectivity index (χ2v) is 5.14. The van der Waals surface area contributed by atoms with Gasteiger partial charge in [-0.25, -0.2) is 0 Å². The van der Waals surface area contributed by atoms with Crippen LogP contribution in [-0.2, 0) is 11.3 Å². The normalized spacial score (nSPS) is 9.64. The number of hydrogen-bond acceptors (Lipinski definition) is 1. The Morgan fingerprint density at radius 3 is 2.32 bits per heavy atom. The monoisotopic (exact) mass is 291 g/mol. The molecule has 1 amide bonds. The molecule has 0 aromatic heterocycles. The van der Waals surface area contributed by atoms with Gasteiger partial charge >= 0.3 is 0 Å². The Labute approximate surface area is 132 Å². The van der Waals surface area contributed by atoms with E-state index in [-0.39, 0.29) is 5.91 Å². The first-order chi connectivity index (χ1) is 10.8. The lowest BCUT2D eigenvalue weighted by Gasteiger charge is -2.04. The van der Waals surface area contributed by atoms with Crippen LogP contribution in [0.15, 0.2) is 60.7 Å². The highest BCUT2D eigenvalue weighted by Gasteiger charge is 2.00. The van der Waals surface area contributed by atoms with Crippen molar-refractivity contribution in [2.45, 2.75) is 32.2 Å². The van der Waals surface area contributed by atoms with Crippen LogP contribution in [0.2, 0.25) is 0 Å². The molecule has 2 aromatic carbocycles. The Kier molecular flexibility index (Phi) is 6.78. The van der Waals surface area contributed by atoms with Crippen molar-refractivity contribution in [2.24, 2.45) is 0 Å². The smallest absolute Gasteiger partial charge is 0.220 e. The summed E-state index contributed by atoms with van der Waals surface area (Å²) in [4.78, 5) is 11.7. The van der Waals surface area contributed by atoms with Crippen LogP contribution in [-0.4, -0.2) is 5.91 Å². The van der Waals surface area contributed by atoms with Crippen molar-refractivity contribution in [1.29, 1.82) is 0 Å². The third-order valence-corrected chi connectivity index (χ3v) is 3.29. The number of carbonyl (C=O) groups is 1. The van der Waals surface area contributed by atoms with E-state index in [4.69, 9.17) is 0 Å². The Morgan fingerprint density at radius 1 is 0.909 bits per heavy atom. The summed E-state index contributed by atoms with van der Waals surface area (Å²) in [6.07, 6.45) is 3.24. The molecule has 0 aliphatic carbocycles. The van der Waals surface area contributed by atoms with E-state index < -0.39 is 0 Å². The molecule has 0 atom stereocenters. The standard InChI is InChI=1S/C20H21NO/c22-20(21-17-19-14-8-4-9-15-19)16-10-2-1-5-11-18-12-6-3-7-13-18/h3-4,6-9,12-15H,1-2,10,16-17H2,(H,21,22). The highest BCUT2D eigenvalue weighted by atomic mass is 16.1. The number of carbonyl (C=O) groups excluding carboxylic acids is 1. The lowest BCUT2D eigenvalue weighted by atomic mass is 10.1. The molecule has 2 nitrogen and oxygen atoms in total. The summed E-state index contributed by atoms with van der Waals surface area (Å²) < 4.78 is 0. The number of amides is 1. The number of nitrogens with one attached hydrogen (secondary N) is 1. The van der Waals surface area contributed by atoms with Crippen molar-refractivity contribution in [3.8, 4) is 11.8 Å². The molecule has 0 aliphatic heterocycles. The summed E-state index contributed by atoms with van der Waals surface area (Å²) in [7, 11) is 0. The molecule has 0 unspecified atom stereocenters. The SMILES string of the molecule is O=C(CCCCC#Cc1ccccc1)NCc1ccccc1. The maximum absolute atomic E-state index is 11.7. The maximum Gasteiger partial charge on any atom is 0.220 e. The first kappa shape index (κ1) is 15.9. The molecule has 0 spiro atoms. The summed E-state index contributed by atoms with van der Waals surface area (Å²) in [5, 5.41) is 2.94. The highest BCUT2D eigenvalue weighted by molar-refractivity contribution is 5.75. The van der Waals surface area contributed by atoms with Gasteiger partial charge in [-0.2, -0.15) is 0 Å². The fraction of sp³-hybridized carbons (Fsp3) is 0.250. The molecule has 0 heterocycles. The molecule has 2 heteroatoms. The second-order valence-electron chi connectivity index (χ2n) is 5.14. The third kappa shape index (κ3) is 6.28. The summed E-state index contributed by atoms with van der Waals surface area (Å²) in [6, 6.07) is 19.9. The predicted octanol–water partition coefficient (Wildman–Crippen LogP) is 3.91. The van der Waals surface area contributed by atoms with Crippen LogP contribution in [0.3, 0.4) is 0 Å². The summed E-state index contributed by atoms with van der Waals surface area (Å²) >= 11 is 0. The van der Waals surface area contributed by atoms with Gasteiger partial charge in [0.15, 0.2) is 0 Å². The number of unbranched alkanes of at least 4 members (excludes halogenated alkanes) is 2. The zero-order valence-electron chi connectivity index (χ0n) is 12.7. The first-order valence-corrected chi connectivity index (χ1v) is 7.69. The fourth-order valence-corrected chi connectivity index (χ4v) is 2.07. The molecule has 0 radical (unpaired) electrons. The first-order valence-electron chi connectivity index (χ1n) is 7.69. The van der Waals surface area contributed by atoms with E-state index in [9.17, 15) is 4.79 Å². The van der Waals surface area contributed by atoms with E-state index >= 15 is 0 Å². The fourth-order valence-electron chi connectivity index (χ4n) is 2.07. The van der Waals surface area contributed by atoms with Crippen LogP contribution in [0.25, 0.3) is 0 Å². The van der Waals surface area contributed by atoms with Crippen molar-refractivity contribution in [2.75, 3.05) is 0 Å². The number of rotatable bonds is 6. The summed E-state index contributed by atoms with van der Waals surface area (Å²) in [5.41, 5.74) is 2.17. The third-order valence-electron chi connectivity index (χ3n) is 3.29. The van der Waals surface area contributed by atoms with E-state index in [0.29, 0.717) is 13.0 Å². The van der Waals surface area contributed by atoms with E-state index in [0.717, 1.165) is 30.4 Å². The quantitative estimate of drug-likeness (QED) is 0.634. The molecular formula is C20H21NO. The highest BCUT2D eigenvalue weighted by Crippen LogP contribution is 2.02. The van der Waals surface area contributed by atoms with Crippen LogP contribution in [0, 0.1) is 11.8 Å².